The van der Waals surface area contributed by atoms with Gasteiger partial charge in [-0.3, -0.25) is 0 Å². The molecule has 0 heterocycles. The maximum absolute atomic E-state index is 8.74. The first-order valence-corrected chi connectivity index (χ1v) is 3.76. The average Bonchev–Trinajstić information content (AvgIpc) is 2.16. The fraction of sp³-hybridized carbons (Fsp3) is 0.200. The van der Waals surface area contributed by atoms with Crippen LogP contribution >= 0.6 is 12.4 Å². The maximum Gasteiger partial charge on any atom is 0.344 e. The lowest BCUT2D eigenvalue weighted by Gasteiger charge is -1.94. The summed E-state index contributed by atoms with van der Waals surface area (Å²) in [5, 5.41) is 8.74. The molecule has 0 amide bonds. The quantitative estimate of drug-likeness (QED) is 0.673. The molecule has 1 aromatic carbocycles. The summed E-state index contributed by atoms with van der Waals surface area (Å²) in [5.74, 6) is 0. The molecule has 1 aromatic rings. The predicted molar refractivity (Wildman–Crippen MR) is 55.7 cm³/mol. The van der Waals surface area contributed by atoms with E-state index in [1.54, 1.807) is 18.2 Å². The summed E-state index contributed by atoms with van der Waals surface area (Å²) in [6.45, 7) is 7.14. The minimum atomic E-state index is 0. The largest absolute Gasteiger partial charge is 1.00 e. The first-order valence-electron chi connectivity index (χ1n) is 3.76. The zero-order valence-corrected chi connectivity index (χ0v) is 9.27. The van der Waals surface area contributed by atoms with Crippen molar-refractivity contribution in [2.75, 3.05) is 0 Å². The van der Waals surface area contributed by atoms with Crippen LogP contribution in [0.3, 0.4) is 0 Å². The van der Waals surface area contributed by atoms with Crippen LogP contribution < -0.4 is 12.4 Å². The Morgan fingerprint density at radius 3 is 2.57 bits per heavy atom. The van der Waals surface area contributed by atoms with Gasteiger partial charge in [0.1, 0.15) is 0 Å². The van der Waals surface area contributed by atoms with Crippen molar-refractivity contribution >= 4 is 18.1 Å². The van der Waals surface area contributed by atoms with Crippen molar-refractivity contribution in [3.05, 3.63) is 34.2 Å². The summed E-state index contributed by atoms with van der Waals surface area (Å²) >= 11 is 0. The van der Waals surface area contributed by atoms with Crippen molar-refractivity contribution in [1.29, 1.82) is 5.26 Å². The molecule has 0 aromatic heterocycles. The van der Waals surface area contributed by atoms with E-state index in [-0.39, 0.29) is 24.8 Å². The Kier molecular flexibility index (Phi) is 7.86. The summed E-state index contributed by atoms with van der Waals surface area (Å²) in [6, 6.07) is 7.46. The third-order valence-electron chi connectivity index (χ3n) is 1.76. The minimum absolute atomic E-state index is 0. The zero-order chi connectivity index (χ0) is 8.97. The van der Waals surface area contributed by atoms with E-state index in [0.29, 0.717) is 11.3 Å². The van der Waals surface area contributed by atoms with Crippen molar-refractivity contribution in [2.24, 2.45) is 0 Å². The molecule has 0 radical (unpaired) electrons. The predicted octanol–water partition coefficient (Wildman–Crippen LogP) is 0.141. The van der Waals surface area contributed by atoms with Gasteiger partial charge in [-0.15, -0.1) is 12.4 Å². The van der Waals surface area contributed by atoms with E-state index in [1.807, 2.05) is 6.92 Å². The van der Waals surface area contributed by atoms with Crippen LogP contribution in [-0.2, 0) is 6.42 Å². The van der Waals surface area contributed by atoms with Gasteiger partial charge in [-0.25, -0.2) is 0 Å². The second kappa shape index (κ2) is 7.21. The molecule has 0 saturated carbocycles. The fourth-order valence-corrected chi connectivity index (χ4v) is 1.17. The molecule has 0 saturated heterocycles. The molecular weight excluding hydrogens is 219 g/mol. The van der Waals surface area contributed by atoms with Crippen molar-refractivity contribution in [3.8, 4) is 12.6 Å². The summed E-state index contributed by atoms with van der Waals surface area (Å²) < 4.78 is 0. The monoisotopic (exact) mass is 228 g/mol. The Hall–Kier alpha value is -1.22. The summed E-state index contributed by atoms with van der Waals surface area (Å²) in [7, 11) is 0. The Balaban J connectivity index is 0. The van der Waals surface area contributed by atoms with Crippen molar-refractivity contribution in [1.82, 2.24) is 0 Å². The standard InChI is InChI=1S/C10H9N2.2ClH/c1-3-9-8(7-11)5-4-6-10(9)12-2;;/h2,4-6H,3H2,1H3;2*1H/q+1;;/p-1. The summed E-state index contributed by atoms with van der Waals surface area (Å²) in [5.41, 5.74) is 2.28. The SMILES string of the molecule is C#[N+]c1cccc(C#N)c1CC.Cl.[Cl-]. The zero-order valence-electron chi connectivity index (χ0n) is 7.70. The topological polar surface area (TPSA) is 28.1 Å². The van der Waals surface area contributed by atoms with E-state index < -0.39 is 0 Å². The first kappa shape index (κ1) is 15.3. The van der Waals surface area contributed by atoms with E-state index in [0.717, 1.165) is 12.0 Å². The Labute approximate surface area is 96.2 Å². The molecule has 74 valence electrons. The molecule has 0 unspecified atom stereocenters. The highest BCUT2D eigenvalue weighted by Gasteiger charge is 2.11. The molecule has 4 heteroatoms. The number of nitrogens with zero attached hydrogens (tertiary/aromatic N) is 2. The van der Waals surface area contributed by atoms with Crippen molar-refractivity contribution in [2.45, 2.75) is 13.3 Å². The van der Waals surface area contributed by atoms with Gasteiger partial charge in [0, 0.05) is 6.07 Å². The van der Waals surface area contributed by atoms with Gasteiger partial charge in [-0.1, -0.05) is 13.0 Å². The third kappa shape index (κ3) is 2.92. The normalized spacial score (nSPS) is 7.36. The number of halogens is 2. The number of benzene rings is 1. The number of nitriles is 1. The fourth-order valence-electron chi connectivity index (χ4n) is 1.17. The van der Waals surface area contributed by atoms with E-state index in [2.05, 4.69) is 10.9 Å². The first-order chi connectivity index (χ1) is 5.83. The summed E-state index contributed by atoms with van der Waals surface area (Å²) in [6.07, 6.45) is 0.778. The second-order valence-electron chi connectivity index (χ2n) is 2.40. The molecule has 2 nitrogen and oxygen atoms in total. The van der Waals surface area contributed by atoms with Gasteiger partial charge in [0.15, 0.2) is 0 Å². The van der Waals surface area contributed by atoms with E-state index in [4.69, 9.17) is 11.8 Å². The van der Waals surface area contributed by atoms with E-state index in [9.17, 15) is 0 Å². The van der Waals surface area contributed by atoms with Crippen LogP contribution in [0, 0.1) is 17.9 Å². The van der Waals surface area contributed by atoms with Crippen LogP contribution in [0.4, 0.5) is 5.69 Å². The molecule has 0 spiro atoms. The van der Waals surface area contributed by atoms with Gasteiger partial charge in [0.2, 0.25) is 0 Å². The molecular formula is C10H10Cl2N2. The third-order valence-corrected chi connectivity index (χ3v) is 1.76. The number of hydrogen-bond acceptors (Lipinski definition) is 1. The molecule has 0 bridgehead atoms. The number of hydrogen-bond donors (Lipinski definition) is 0. The highest BCUT2D eigenvalue weighted by Crippen LogP contribution is 2.22. The molecule has 0 fully saturated rings. The van der Waals surface area contributed by atoms with Crippen LogP contribution in [0.15, 0.2) is 18.2 Å². The maximum atomic E-state index is 8.74. The Morgan fingerprint density at radius 2 is 2.14 bits per heavy atom. The second-order valence-corrected chi connectivity index (χ2v) is 2.40. The van der Waals surface area contributed by atoms with Crippen LogP contribution in [0.5, 0.6) is 0 Å². The van der Waals surface area contributed by atoms with Crippen LogP contribution in [-0.4, -0.2) is 0 Å². The smallest absolute Gasteiger partial charge is 0.344 e. The van der Waals surface area contributed by atoms with E-state index in [1.165, 1.54) is 0 Å². The number of rotatable bonds is 1. The molecule has 0 N–H and O–H groups in total. The molecule has 0 atom stereocenters. The van der Waals surface area contributed by atoms with Crippen LogP contribution in [0.25, 0.3) is 4.85 Å². The lowest BCUT2D eigenvalue weighted by molar-refractivity contribution is -0.00000287. The Bertz CT molecular complexity index is 342. The van der Waals surface area contributed by atoms with Crippen molar-refractivity contribution in [3.63, 3.8) is 0 Å². The molecule has 14 heavy (non-hydrogen) atoms. The van der Waals surface area contributed by atoms with Gasteiger partial charge in [-0.05, 0) is 17.3 Å². The lowest BCUT2D eigenvalue weighted by Crippen LogP contribution is -3.00. The Morgan fingerprint density at radius 1 is 1.50 bits per heavy atom. The molecule has 0 aliphatic carbocycles. The molecule has 0 aliphatic rings. The van der Waals surface area contributed by atoms with Gasteiger partial charge < -0.3 is 12.4 Å². The van der Waals surface area contributed by atoms with Gasteiger partial charge in [0.05, 0.1) is 17.2 Å². The van der Waals surface area contributed by atoms with Gasteiger partial charge in [-0.2, -0.15) is 5.26 Å². The van der Waals surface area contributed by atoms with E-state index >= 15 is 0 Å². The van der Waals surface area contributed by atoms with Crippen LogP contribution in [0.1, 0.15) is 18.1 Å². The summed E-state index contributed by atoms with van der Waals surface area (Å²) in [4.78, 5) is 3.60. The van der Waals surface area contributed by atoms with Crippen molar-refractivity contribution < 1.29 is 12.4 Å². The molecule has 1 rings (SSSR count). The average molecular weight is 229 g/mol. The van der Waals surface area contributed by atoms with Gasteiger partial charge in [0.25, 0.3) is 6.57 Å². The highest BCUT2D eigenvalue weighted by atomic mass is 35.5. The van der Waals surface area contributed by atoms with Crippen LogP contribution in [0.2, 0.25) is 0 Å². The van der Waals surface area contributed by atoms with Gasteiger partial charge >= 0.3 is 5.69 Å². The highest BCUT2D eigenvalue weighted by molar-refractivity contribution is 5.85. The minimum Gasteiger partial charge on any atom is -1.00 e. The molecule has 0 aliphatic heterocycles. The lowest BCUT2D eigenvalue weighted by atomic mass is 10.0.